The summed E-state index contributed by atoms with van der Waals surface area (Å²) in [6.07, 6.45) is 5.25. The normalized spacial score (nSPS) is 14.1. The molecule has 2 aromatic carbocycles. The third-order valence-electron chi connectivity index (χ3n) is 5.63. The molecular formula is C24H29ClN5O2P. The maximum atomic E-state index is 12.7. The van der Waals surface area contributed by atoms with Gasteiger partial charge in [-0.05, 0) is 56.9 Å². The first-order valence-electron chi connectivity index (χ1n) is 11.0. The summed E-state index contributed by atoms with van der Waals surface area (Å²) < 4.78 is 18.3. The first-order valence-corrected chi connectivity index (χ1v) is 14.0. The number of hydrogen-bond donors (Lipinski definition) is 2. The van der Waals surface area contributed by atoms with Gasteiger partial charge in [-0.2, -0.15) is 4.98 Å². The van der Waals surface area contributed by atoms with Crippen molar-refractivity contribution in [1.82, 2.24) is 9.97 Å². The average molecular weight is 486 g/mol. The van der Waals surface area contributed by atoms with Gasteiger partial charge in [-0.3, -0.25) is 0 Å². The maximum absolute atomic E-state index is 12.7. The van der Waals surface area contributed by atoms with E-state index in [-0.39, 0.29) is 0 Å². The molecule has 1 aromatic heterocycles. The molecule has 2 heterocycles. The molecule has 33 heavy (non-hydrogen) atoms. The molecule has 1 saturated heterocycles. The molecule has 0 aliphatic carbocycles. The molecule has 3 aromatic rings. The molecule has 0 saturated carbocycles. The maximum Gasteiger partial charge on any atom is 0.229 e. The molecule has 4 rings (SSSR count). The summed E-state index contributed by atoms with van der Waals surface area (Å²) in [7, 11) is -0.833. The van der Waals surface area contributed by atoms with E-state index in [1.54, 1.807) is 20.4 Å². The van der Waals surface area contributed by atoms with Gasteiger partial charge >= 0.3 is 0 Å². The molecule has 0 bridgehead atoms. The number of benzene rings is 2. The number of aromatic nitrogens is 2. The Hall–Kier alpha value is -2.76. The van der Waals surface area contributed by atoms with E-state index in [9.17, 15) is 4.57 Å². The molecule has 0 atom stereocenters. The van der Waals surface area contributed by atoms with Gasteiger partial charge in [0.15, 0.2) is 5.82 Å². The van der Waals surface area contributed by atoms with Gasteiger partial charge in [-0.1, -0.05) is 23.7 Å². The monoisotopic (exact) mass is 485 g/mol. The van der Waals surface area contributed by atoms with Crippen molar-refractivity contribution in [2.45, 2.75) is 19.3 Å². The number of nitrogens with zero attached hydrogens (tertiary/aromatic N) is 3. The van der Waals surface area contributed by atoms with Gasteiger partial charge in [-0.15, -0.1) is 0 Å². The number of methoxy groups -OCH3 is 1. The highest BCUT2D eigenvalue weighted by Crippen LogP contribution is 2.39. The smallest absolute Gasteiger partial charge is 0.229 e. The van der Waals surface area contributed by atoms with E-state index in [1.807, 2.05) is 36.4 Å². The lowest BCUT2D eigenvalue weighted by atomic mass is 10.1. The standard InChI is InChI=1S/C24H29ClN5O2P/c1-32-21-15-17(30-13-7-4-8-14-30)11-12-19(21)28-24-26-16-18(25)23(29-24)27-20-9-5-6-10-22(20)33(2,3)31/h5-6,9-12,15-16H,4,7-8,13-14H2,1-3H3,(H2,26,27,28,29). The summed E-state index contributed by atoms with van der Waals surface area (Å²) in [6.45, 7) is 5.61. The highest BCUT2D eigenvalue weighted by atomic mass is 35.5. The van der Waals surface area contributed by atoms with Crippen molar-refractivity contribution in [3.05, 3.63) is 53.7 Å². The number of anilines is 5. The number of piperidine rings is 1. The van der Waals surface area contributed by atoms with Gasteiger partial charge in [-0.25, -0.2) is 4.98 Å². The molecule has 0 spiro atoms. The molecule has 0 radical (unpaired) electrons. The van der Waals surface area contributed by atoms with Gasteiger partial charge in [0, 0.05) is 30.1 Å². The minimum atomic E-state index is -2.49. The zero-order valence-electron chi connectivity index (χ0n) is 19.1. The first kappa shape index (κ1) is 23.4. The van der Waals surface area contributed by atoms with Crippen LogP contribution in [0.5, 0.6) is 5.75 Å². The predicted molar refractivity (Wildman–Crippen MR) is 138 cm³/mol. The van der Waals surface area contributed by atoms with Crippen LogP contribution in [-0.2, 0) is 4.57 Å². The number of halogens is 1. The van der Waals surface area contributed by atoms with E-state index < -0.39 is 7.14 Å². The van der Waals surface area contributed by atoms with Crippen molar-refractivity contribution >= 4 is 52.9 Å². The van der Waals surface area contributed by atoms with Gasteiger partial charge < -0.3 is 24.8 Å². The Morgan fingerprint density at radius 2 is 1.79 bits per heavy atom. The van der Waals surface area contributed by atoms with Gasteiger partial charge in [0.1, 0.15) is 17.9 Å². The van der Waals surface area contributed by atoms with Crippen LogP contribution in [-0.4, -0.2) is 43.5 Å². The predicted octanol–water partition coefficient (Wildman–Crippen LogP) is 5.86. The lowest BCUT2D eigenvalue weighted by Gasteiger charge is -2.29. The van der Waals surface area contributed by atoms with Crippen LogP contribution < -0.4 is 25.6 Å². The molecule has 9 heteroatoms. The highest BCUT2D eigenvalue weighted by Gasteiger charge is 2.18. The topological polar surface area (TPSA) is 79.4 Å². The van der Waals surface area contributed by atoms with Crippen molar-refractivity contribution in [2.24, 2.45) is 0 Å². The summed E-state index contributed by atoms with van der Waals surface area (Å²) in [6, 6.07) is 13.6. The van der Waals surface area contributed by atoms with Gasteiger partial charge in [0.05, 0.1) is 24.7 Å². The number of ether oxygens (including phenoxy) is 1. The van der Waals surface area contributed by atoms with E-state index in [2.05, 4.69) is 31.6 Å². The summed E-state index contributed by atoms with van der Waals surface area (Å²) in [4.78, 5) is 11.3. The molecular weight excluding hydrogens is 457 g/mol. The lowest BCUT2D eigenvalue weighted by Crippen LogP contribution is -2.29. The molecule has 0 amide bonds. The van der Waals surface area contributed by atoms with Crippen LogP contribution in [0.15, 0.2) is 48.7 Å². The summed E-state index contributed by atoms with van der Waals surface area (Å²) >= 11 is 6.37. The van der Waals surface area contributed by atoms with Crippen LogP contribution in [0.25, 0.3) is 0 Å². The third-order valence-corrected chi connectivity index (χ3v) is 7.46. The van der Waals surface area contributed by atoms with Crippen LogP contribution in [0.1, 0.15) is 19.3 Å². The highest BCUT2D eigenvalue weighted by molar-refractivity contribution is 7.70. The fourth-order valence-corrected chi connectivity index (χ4v) is 5.24. The number of hydrogen-bond acceptors (Lipinski definition) is 7. The largest absolute Gasteiger partial charge is 0.494 e. The van der Waals surface area contributed by atoms with Crippen molar-refractivity contribution in [2.75, 3.05) is 49.1 Å². The number of nitrogens with one attached hydrogen (secondary N) is 2. The Morgan fingerprint density at radius 1 is 1.03 bits per heavy atom. The van der Waals surface area contributed by atoms with Crippen LogP contribution >= 0.6 is 18.7 Å². The van der Waals surface area contributed by atoms with E-state index in [1.165, 1.54) is 25.5 Å². The minimum absolute atomic E-state index is 0.366. The quantitative estimate of drug-likeness (QED) is 0.405. The third kappa shape index (κ3) is 5.60. The van der Waals surface area contributed by atoms with Crippen LogP contribution in [0.3, 0.4) is 0 Å². The Bertz CT molecular complexity index is 1180. The Kier molecular flexibility index (Phi) is 7.11. The summed E-state index contributed by atoms with van der Waals surface area (Å²) in [5.74, 6) is 1.52. The number of rotatable bonds is 7. The van der Waals surface area contributed by atoms with E-state index in [0.29, 0.717) is 22.5 Å². The summed E-state index contributed by atoms with van der Waals surface area (Å²) in [5, 5.41) is 7.56. The van der Waals surface area contributed by atoms with E-state index >= 15 is 0 Å². The van der Waals surface area contributed by atoms with Crippen molar-refractivity contribution in [3.8, 4) is 5.75 Å². The molecule has 7 nitrogen and oxygen atoms in total. The molecule has 2 N–H and O–H groups in total. The molecule has 0 unspecified atom stereocenters. The molecule has 174 valence electrons. The van der Waals surface area contributed by atoms with Gasteiger partial charge in [0.2, 0.25) is 5.95 Å². The van der Waals surface area contributed by atoms with E-state index in [0.717, 1.165) is 35.5 Å². The zero-order valence-corrected chi connectivity index (χ0v) is 20.8. The van der Waals surface area contributed by atoms with Crippen LogP contribution in [0.2, 0.25) is 5.02 Å². The Morgan fingerprint density at radius 3 is 2.52 bits per heavy atom. The van der Waals surface area contributed by atoms with Crippen molar-refractivity contribution in [1.29, 1.82) is 0 Å². The zero-order chi connectivity index (χ0) is 23.4. The fraction of sp³-hybridized carbons (Fsp3) is 0.333. The first-order chi connectivity index (χ1) is 15.8. The second-order valence-electron chi connectivity index (χ2n) is 8.44. The second kappa shape index (κ2) is 10.0. The molecule has 1 aliphatic rings. The van der Waals surface area contributed by atoms with Crippen molar-refractivity contribution in [3.63, 3.8) is 0 Å². The Labute approximate surface area is 199 Å². The average Bonchev–Trinajstić information content (AvgIpc) is 2.81. The van der Waals surface area contributed by atoms with Crippen molar-refractivity contribution < 1.29 is 9.30 Å². The summed E-state index contributed by atoms with van der Waals surface area (Å²) in [5.41, 5.74) is 2.62. The number of para-hydroxylation sites is 1. The Balaban J connectivity index is 1.58. The van der Waals surface area contributed by atoms with Crippen LogP contribution in [0.4, 0.5) is 28.8 Å². The SMILES string of the molecule is COc1cc(N2CCCCC2)ccc1Nc1ncc(Cl)c(Nc2ccccc2P(C)(C)=O)n1. The lowest BCUT2D eigenvalue weighted by molar-refractivity contribution is 0.416. The second-order valence-corrected chi connectivity index (χ2v) is 12.0. The fourth-order valence-electron chi connectivity index (χ4n) is 3.94. The van der Waals surface area contributed by atoms with Gasteiger partial charge in [0.25, 0.3) is 0 Å². The van der Waals surface area contributed by atoms with Crippen LogP contribution in [0, 0.1) is 0 Å². The van der Waals surface area contributed by atoms with E-state index in [4.69, 9.17) is 16.3 Å². The molecule has 1 aliphatic heterocycles. The molecule has 1 fully saturated rings. The minimum Gasteiger partial charge on any atom is -0.494 e.